The Morgan fingerprint density at radius 2 is 2.13 bits per heavy atom. The molecule has 0 fully saturated rings. The molecule has 0 unspecified atom stereocenters. The van der Waals surface area contributed by atoms with E-state index in [1.54, 1.807) is 15.9 Å². The zero-order valence-electron chi connectivity index (χ0n) is 12.7. The van der Waals surface area contributed by atoms with E-state index in [4.69, 9.17) is 16.6 Å². The van der Waals surface area contributed by atoms with E-state index in [0.29, 0.717) is 6.54 Å². The monoisotopic (exact) mass is 342 g/mol. The molecule has 1 aromatic carbocycles. The summed E-state index contributed by atoms with van der Waals surface area (Å²) in [6.45, 7) is 2.80. The Bertz CT molecular complexity index is 983. The number of fused-ring (bicyclic) bond motifs is 2. The molecule has 3 aromatic rings. The number of aryl methyl sites for hydroxylation is 1. The Balaban J connectivity index is 1.86. The second-order valence-corrected chi connectivity index (χ2v) is 7.20. The highest BCUT2D eigenvalue weighted by molar-refractivity contribution is 7.18. The van der Waals surface area contributed by atoms with Crippen LogP contribution in [0.1, 0.15) is 29.6 Å². The van der Waals surface area contributed by atoms with E-state index in [2.05, 4.69) is 13.0 Å². The maximum atomic E-state index is 12.7. The van der Waals surface area contributed by atoms with Gasteiger partial charge in [-0.25, -0.2) is 4.98 Å². The number of rotatable bonds is 2. The summed E-state index contributed by atoms with van der Waals surface area (Å²) in [5, 5.41) is 1.48. The summed E-state index contributed by atoms with van der Waals surface area (Å²) in [7, 11) is 0. The second-order valence-electron chi connectivity index (χ2n) is 5.65. The largest absolute Gasteiger partial charge is 0.292 e. The normalized spacial score (nSPS) is 15.5. The summed E-state index contributed by atoms with van der Waals surface area (Å²) >= 11 is 7.55. The summed E-state index contributed by atoms with van der Waals surface area (Å²) in [4.78, 5) is 19.5. The van der Waals surface area contributed by atoms with Crippen molar-refractivity contribution in [1.29, 1.82) is 0 Å². The summed E-state index contributed by atoms with van der Waals surface area (Å²) in [5.41, 5.74) is 2.27. The lowest BCUT2D eigenvalue weighted by Crippen LogP contribution is -2.19. The van der Waals surface area contributed by atoms with E-state index in [1.807, 2.05) is 30.3 Å². The molecule has 5 heteroatoms. The van der Waals surface area contributed by atoms with Crippen LogP contribution in [0.5, 0.6) is 0 Å². The minimum Gasteiger partial charge on any atom is -0.292 e. The fourth-order valence-corrected chi connectivity index (χ4v) is 4.02. The quantitative estimate of drug-likeness (QED) is 0.681. The third-order valence-electron chi connectivity index (χ3n) is 4.15. The molecule has 3 nitrogen and oxygen atoms in total. The Morgan fingerprint density at radius 1 is 1.35 bits per heavy atom. The Labute approximate surface area is 142 Å². The first-order valence-corrected chi connectivity index (χ1v) is 8.85. The molecule has 2 aromatic heterocycles. The minimum absolute atomic E-state index is 0.0838. The Kier molecular flexibility index (Phi) is 3.58. The first-order chi connectivity index (χ1) is 11.2. The van der Waals surface area contributed by atoms with Crippen LogP contribution in [0.4, 0.5) is 0 Å². The molecular formula is C18H15ClN2OS. The van der Waals surface area contributed by atoms with Gasteiger partial charge in [0, 0.05) is 16.4 Å². The van der Waals surface area contributed by atoms with Gasteiger partial charge < -0.3 is 0 Å². The van der Waals surface area contributed by atoms with Crippen LogP contribution in [0, 0.1) is 0 Å². The van der Waals surface area contributed by atoms with Gasteiger partial charge in [-0.3, -0.25) is 9.36 Å². The average Bonchev–Trinajstić information content (AvgIpc) is 3.15. The van der Waals surface area contributed by atoms with Gasteiger partial charge in [0.1, 0.15) is 10.7 Å². The van der Waals surface area contributed by atoms with Crippen molar-refractivity contribution in [3.05, 3.63) is 62.0 Å². The van der Waals surface area contributed by atoms with Crippen LogP contribution >= 0.6 is 22.9 Å². The van der Waals surface area contributed by atoms with Crippen LogP contribution in [0.25, 0.3) is 21.9 Å². The first-order valence-electron chi connectivity index (χ1n) is 7.65. The van der Waals surface area contributed by atoms with E-state index >= 15 is 0 Å². The van der Waals surface area contributed by atoms with Crippen molar-refractivity contribution in [2.45, 2.75) is 26.3 Å². The number of hydrogen-bond acceptors (Lipinski definition) is 3. The smallest absolute Gasteiger partial charge is 0.262 e. The number of hydrogen-bond donors (Lipinski definition) is 0. The molecule has 1 aliphatic rings. The van der Waals surface area contributed by atoms with E-state index in [9.17, 15) is 4.79 Å². The lowest BCUT2D eigenvalue weighted by atomic mass is 10.1. The van der Waals surface area contributed by atoms with Crippen molar-refractivity contribution in [2.75, 3.05) is 0 Å². The predicted molar refractivity (Wildman–Crippen MR) is 97.2 cm³/mol. The van der Waals surface area contributed by atoms with Gasteiger partial charge in [0.05, 0.1) is 5.39 Å². The highest BCUT2D eigenvalue weighted by Crippen LogP contribution is 2.30. The number of nitrogens with zero attached hydrogens (tertiary/aromatic N) is 2. The Morgan fingerprint density at radius 3 is 2.87 bits per heavy atom. The summed E-state index contributed by atoms with van der Waals surface area (Å²) in [6.07, 6.45) is 3.87. The Hall–Kier alpha value is -1.91. The van der Waals surface area contributed by atoms with Crippen LogP contribution in [0.2, 0.25) is 5.02 Å². The molecule has 0 N–H and O–H groups in total. The molecule has 0 spiro atoms. The maximum absolute atomic E-state index is 12.7. The standard InChI is InChI=1S/C18H15ClN2OS/c1-2-14-10-15-17(23-14)20-16-12(7-8-21(16)18(15)22)9-11-3-5-13(19)6-4-11/h3-6,9-10H,2,7-8H2,1H3/b12-9+. The van der Waals surface area contributed by atoms with Crippen LogP contribution in [-0.4, -0.2) is 9.55 Å². The predicted octanol–water partition coefficient (Wildman–Crippen LogP) is 4.62. The second kappa shape index (κ2) is 5.62. The molecule has 116 valence electrons. The minimum atomic E-state index is 0.0838. The average molecular weight is 343 g/mol. The van der Waals surface area contributed by atoms with Crippen LogP contribution in [-0.2, 0) is 13.0 Å². The molecule has 0 saturated carbocycles. The third-order valence-corrected chi connectivity index (χ3v) is 5.58. The van der Waals surface area contributed by atoms with Crippen LogP contribution in [0.15, 0.2) is 35.1 Å². The highest BCUT2D eigenvalue weighted by Gasteiger charge is 2.21. The van der Waals surface area contributed by atoms with E-state index in [-0.39, 0.29) is 5.56 Å². The van der Waals surface area contributed by atoms with E-state index < -0.39 is 0 Å². The highest BCUT2D eigenvalue weighted by atomic mass is 35.5. The zero-order valence-corrected chi connectivity index (χ0v) is 14.2. The fourth-order valence-electron chi connectivity index (χ4n) is 2.93. The van der Waals surface area contributed by atoms with Crippen molar-refractivity contribution >= 4 is 44.8 Å². The van der Waals surface area contributed by atoms with E-state index in [0.717, 1.165) is 45.0 Å². The van der Waals surface area contributed by atoms with Crippen molar-refractivity contribution in [1.82, 2.24) is 9.55 Å². The molecule has 3 heterocycles. The van der Waals surface area contributed by atoms with Gasteiger partial charge in [0.25, 0.3) is 5.56 Å². The topological polar surface area (TPSA) is 34.9 Å². The molecule has 0 aliphatic carbocycles. The van der Waals surface area contributed by atoms with Gasteiger partial charge in [0.2, 0.25) is 0 Å². The van der Waals surface area contributed by atoms with Crippen molar-refractivity contribution < 1.29 is 0 Å². The third kappa shape index (κ3) is 2.52. The molecule has 0 bridgehead atoms. The number of thiophene rings is 1. The van der Waals surface area contributed by atoms with Crippen LogP contribution < -0.4 is 5.56 Å². The molecule has 0 atom stereocenters. The molecule has 0 saturated heterocycles. The number of allylic oxidation sites excluding steroid dienone is 1. The van der Waals surface area contributed by atoms with Gasteiger partial charge in [-0.1, -0.05) is 30.7 Å². The summed E-state index contributed by atoms with van der Waals surface area (Å²) in [5.74, 6) is 0.807. The molecule has 0 amide bonds. The summed E-state index contributed by atoms with van der Waals surface area (Å²) < 4.78 is 1.80. The van der Waals surface area contributed by atoms with Gasteiger partial charge in [-0.2, -0.15) is 0 Å². The van der Waals surface area contributed by atoms with Gasteiger partial charge in [-0.05, 0) is 48.3 Å². The van der Waals surface area contributed by atoms with Crippen molar-refractivity contribution in [3.8, 4) is 0 Å². The first kappa shape index (κ1) is 14.7. The SMILES string of the molecule is CCc1cc2c(=O)n3c(nc2s1)/C(=C/c1ccc(Cl)cc1)CC3. The van der Waals surface area contributed by atoms with Crippen molar-refractivity contribution in [2.24, 2.45) is 0 Å². The molecular weight excluding hydrogens is 328 g/mol. The van der Waals surface area contributed by atoms with Gasteiger partial charge in [0.15, 0.2) is 0 Å². The molecule has 4 rings (SSSR count). The number of aromatic nitrogens is 2. The fraction of sp³-hybridized carbons (Fsp3) is 0.222. The molecule has 1 aliphatic heterocycles. The molecule has 23 heavy (non-hydrogen) atoms. The number of halogens is 1. The summed E-state index contributed by atoms with van der Waals surface area (Å²) in [6, 6.07) is 9.70. The zero-order chi connectivity index (χ0) is 16.0. The van der Waals surface area contributed by atoms with E-state index in [1.165, 1.54) is 4.88 Å². The van der Waals surface area contributed by atoms with Gasteiger partial charge in [-0.15, -0.1) is 11.3 Å². The lowest BCUT2D eigenvalue weighted by molar-refractivity contribution is 0.726. The lowest BCUT2D eigenvalue weighted by Gasteiger charge is -2.03. The molecule has 0 radical (unpaired) electrons. The van der Waals surface area contributed by atoms with Crippen molar-refractivity contribution in [3.63, 3.8) is 0 Å². The van der Waals surface area contributed by atoms with Crippen LogP contribution in [0.3, 0.4) is 0 Å². The number of benzene rings is 1. The van der Waals surface area contributed by atoms with Gasteiger partial charge >= 0.3 is 0 Å². The maximum Gasteiger partial charge on any atom is 0.262 e.